The summed E-state index contributed by atoms with van der Waals surface area (Å²) in [5, 5.41) is 10.2. The Labute approximate surface area is 167 Å². The first-order chi connectivity index (χ1) is 13.4. The molecule has 150 valence electrons. The molecular weight excluding hydrogens is 383 g/mol. The molecule has 0 fully saturated rings. The van der Waals surface area contributed by atoms with Gasteiger partial charge in [0, 0.05) is 16.9 Å². The molecule has 0 radical (unpaired) electrons. The summed E-state index contributed by atoms with van der Waals surface area (Å²) in [7, 11) is 3.80. The van der Waals surface area contributed by atoms with Gasteiger partial charge in [0.15, 0.2) is 17.3 Å². The first-order valence-electron chi connectivity index (χ1n) is 8.74. The van der Waals surface area contributed by atoms with Crippen LogP contribution in [-0.4, -0.2) is 60.9 Å². The first-order valence-corrected chi connectivity index (χ1v) is 9.62. The largest absolute Gasteiger partial charge is 0.488 e. The quantitative estimate of drug-likeness (QED) is 0.536. The summed E-state index contributed by atoms with van der Waals surface area (Å²) in [5.74, 6) is 4.77. The number of aliphatic hydroxyl groups excluding tert-OH is 1. The number of benzene rings is 1. The Morgan fingerprint density at radius 2 is 2.21 bits per heavy atom. The van der Waals surface area contributed by atoms with Gasteiger partial charge in [0.2, 0.25) is 0 Å². The van der Waals surface area contributed by atoms with Gasteiger partial charge in [-0.2, -0.15) is 0 Å². The zero-order valence-corrected chi connectivity index (χ0v) is 16.9. The Bertz CT molecular complexity index is 857. The molecule has 1 aromatic heterocycles. The van der Waals surface area contributed by atoms with Gasteiger partial charge in [-0.05, 0) is 39.2 Å². The molecule has 28 heavy (non-hydrogen) atoms. The molecule has 1 atom stereocenters. The minimum Gasteiger partial charge on any atom is -0.488 e. The summed E-state index contributed by atoms with van der Waals surface area (Å²) in [5.41, 5.74) is 2.26. The van der Waals surface area contributed by atoms with Crippen molar-refractivity contribution in [2.45, 2.75) is 19.4 Å². The van der Waals surface area contributed by atoms with Gasteiger partial charge in [0.05, 0.1) is 24.8 Å². The van der Waals surface area contributed by atoms with Crippen LogP contribution in [0.3, 0.4) is 0 Å². The van der Waals surface area contributed by atoms with Gasteiger partial charge < -0.3 is 14.6 Å². The summed E-state index contributed by atoms with van der Waals surface area (Å²) in [4.78, 5) is 18.3. The Balaban J connectivity index is 1.92. The standard InChI is InChI=1S/C20H23FN2O4S/c1-4-26-20(25)19-18(28-13-22-19)11-15(24)12-27-17-8-7-14(10-16(17)21)6-5-9-23(2)3/h7-8,10,13,15,24H,4,9,11-12H2,1-3H3. The van der Waals surface area contributed by atoms with E-state index in [1.807, 2.05) is 19.0 Å². The molecular formula is C20H23FN2O4S. The second kappa shape index (κ2) is 10.8. The van der Waals surface area contributed by atoms with Crippen LogP contribution in [0.5, 0.6) is 5.75 Å². The maximum absolute atomic E-state index is 14.2. The highest BCUT2D eigenvalue weighted by Crippen LogP contribution is 2.20. The van der Waals surface area contributed by atoms with Crippen LogP contribution < -0.4 is 4.74 Å². The van der Waals surface area contributed by atoms with Gasteiger partial charge in [-0.3, -0.25) is 4.90 Å². The van der Waals surface area contributed by atoms with Crippen LogP contribution in [0.2, 0.25) is 0 Å². The van der Waals surface area contributed by atoms with E-state index in [1.54, 1.807) is 13.0 Å². The van der Waals surface area contributed by atoms with Crippen LogP contribution in [0.1, 0.15) is 27.9 Å². The molecule has 1 N–H and O–H groups in total. The van der Waals surface area contributed by atoms with E-state index >= 15 is 0 Å². The summed E-state index contributed by atoms with van der Waals surface area (Å²) >= 11 is 1.25. The fourth-order valence-electron chi connectivity index (χ4n) is 2.24. The van der Waals surface area contributed by atoms with Crippen molar-refractivity contribution in [1.29, 1.82) is 0 Å². The highest BCUT2D eigenvalue weighted by Gasteiger charge is 2.19. The third kappa shape index (κ3) is 6.60. The highest BCUT2D eigenvalue weighted by atomic mass is 32.1. The highest BCUT2D eigenvalue weighted by molar-refractivity contribution is 7.09. The van der Waals surface area contributed by atoms with Gasteiger partial charge in [-0.1, -0.05) is 11.8 Å². The van der Waals surface area contributed by atoms with Crippen LogP contribution >= 0.6 is 11.3 Å². The molecule has 1 heterocycles. The molecule has 6 nitrogen and oxygen atoms in total. The number of rotatable bonds is 8. The molecule has 1 aromatic carbocycles. The summed E-state index contributed by atoms with van der Waals surface area (Å²) in [6.45, 7) is 2.41. The number of thiazole rings is 1. The number of ether oxygens (including phenoxy) is 2. The summed E-state index contributed by atoms with van der Waals surface area (Å²) in [6, 6.07) is 4.44. The molecule has 2 aromatic rings. The minimum absolute atomic E-state index is 0.0344. The van der Waals surface area contributed by atoms with Crippen molar-refractivity contribution in [3.05, 3.63) is 45.7 Å². The Kier molecular flexibility index (Phi) is 8.39. The zero-order chi connectivity index (χ0) is 20.5. The molecule has 0 saturated heterocycles. The van der Waals surface area contributed by atoms with E-state index in [0.717, 1.165) is 0 Å². The second-order valence-electron chi connectivity index (χ2n) is 6.20. The van der Waals surface area contributed by atoms with Gasteiger partial charge >= 0.3 is 5.97 Å². The van der Waals surface area contributed by atoms with Crippen LogP contribution in [-0.2, 0) is 11.2 Å². The van der Waals surface area contributed by atoms with E-state index in [2.05, 4.69) is 16.8 Å². The maximum Gasteiger partial charge on any atom is 0.358 e. The summed E-state index contributed by atoms with van der Waals surface area (Å²) < 4.78 is 24.5. The van der Waals surface area contributed by atoms with E-state index in [9.17, 15) is 14.3 Å². The van der Waals surface area contributed by atoms with E-state index in [-0.39, 0.29) is 31.1 Å². The fraction of sp³-hybridized carbons (Fsp3) is 0.400. The van der Waals surface area contributed by atoms with Crippen LogP contribution in [0.4, 0.5) is 4.39 Å². The van der Waals surface area contributed by atoms with Crippen LogP contribution in [0.25, 0.3) is 0 Å². The van der Waals surface area contributed by atoms with E-state index in [1.165, 1.54) is 29.0 Å². The Hall–Kier alpha value is -2.47. The molecule has 0 aliphatic carbocycles. The van der Waals surface area contributed by atoms with Gasteiger partial charge in [-0.15, -0.1) is 11.3 Å². The number of aliphatic hydroxyl groups is 1. The maximum atomic E-state index is 14.2. The van der Waals surface area contributed by atoms with Crippen molar-refractivity contribution < 1.29 is 23.8 Å². The third-order valence-electron chi connectivity index (χ3n) is 3.52. The second-order valence-corrected chi connectivity index (χ2v) is 7.14. The normalized spacial score (nSPS) is 11.6. The van der Waals surface area contributed by atoms with Crippen molar-refractivity contribution in [2.24, 2.45) is 0 Å². The SMILES string of the molecule is CCOC(=O)c1ncsc1CC(O)COc1ccc(C#CCN(C)C)cc1F. The van der Waals surface area contributed by atoms with Crippen LogP contribution in [0, 0.1) is 17.7 Å². The average molecular weight is 406 g/mol. The lowest BCUT2D eigenvalue weighted by Crippen LogP contribution is -2.21. The molecule has 1 unspecified atom stereocenters. The van der Waals surface area contributed by atoms with Gasteiger partial charge in [-0.25, -0.2) is 14.2 Å². The van der Waals surface area contributed by atoms with Crippen molar-refractivity contribution in [1.82, 2.24) is 9.88 Å². The number of esters is 1. The molecule has 0 bridgehead atoms. The van der Waals surface area contributed by atoms with Crippen molar-refractivity contribution >= 4 is 17.3 Å². The minimum atomic E-state index is -0.924. The predicted molar refractivity (Wildman–Crippen MR) is 105 cm³/mol. The number of nitrogens with zero attached hydrogens (tertiary/aromatic N) is 2. The lowest BCUT2D eigenvalue weighted by Gasteiger charge is -2.13. The fourth-order valence-corrected chi connectivity index (χ4v) is 3.06. The van der Waals surface area contributed by atoms with Crippen molar-refractivity contribution in [3.63, 3.8) is 0 Å². The number of aromatic nitrogens is 1. The number of hydrogen-bond donors (Lipinski definition) is 1. The van der Waals surface area contributed by atoms with Crippen LogP contribution in [0.15, 0.2) is 23.7 Å². The Morgan fingerprint density at radius 1 is 1.43 bits per heavy atom. The molecule has 0 aliphatic heterocycles. The Morgan fingerprint density at radius 3 is 2.89 bits per heavy atom. The third-order valence-corrected chi connectivity index (χ3v) is 4.38. The number of hydrogen-bond acceptors (Lipinski definition) is 7. The van der Waals surface area contributed by atoms with Gasteiger partial charge in [0.1, 0.15) is 6.61 Å². The lowest BCUT2D eigenvalue weighted by atomic mass is 10.2. The lowest BCUT2D eigenvalue weighted by molar-refractivity contribution is 0.0517. The van der Waals surface area contributed by atoms with Crippen molar-refractivity contribution in [3.8, 4) is 17.6 Å². The van der Waals surface area contributed by atoms with E-state index < -0.39 is 17.9 Å². The summed E-state index contributed by atoms with van der Waals surface area (Å²) in [6.07, 6.45) is -0.762. The zero-order valence-electron chi connectivity index (χ0n) is 16.1. The first kappa shape index (κ1) is 21.8. The molecule has 0 amide bonds. The topological polar surface area (TPSA) is 71.9 Å². The number of carbonyl (C=O) groups excluding carboxylic acids is 1. The molecule has 0 saturated carbocycles. The predicted octanol–water partition coefficient (Wildman–Crippen LogP) is 2.35. The van der Waals surface area contributed by atoms with E-state index in [4.69, 9.17) is 9.47 Å². The molecule has 2 rings (SSSR count). The number of carbonyl (C=O) groups is 1. The monoisotopic (exact) mass is 406 g/mol. The smallest absolute Gasteiger partial charge is 0.358 e. The van der Waals surface area contributed by atoms with Crippen molar-refractivity contribution in [2.75, 3.05) is 33.9 Å². The van der Waals surface area contributed by atoms with E-state index in [0.29, 0.717) is 17.0 Å². The average Bonchev–Trinajstić information content (AvgIpc) is 3.09. The molecule has 0 spiro atoms. The molecule has 8 heteroatoms. The number of halogens is 1. The molecule has 0 aliphatic rings. The van der Waals surface area contributed by atoms with Gasteiger partial charge in [0.25, 0.3) is 0 Å².